The van der Waals surface area contributed by atoms with Crippen LogP contribution in [0, 0.1) is 5.92 Å². The molecule has 2 atom stereocenters. The molecule has 2 amide bonds. The Kier molecular flexibility index (Phi) is 15.4. The Bertz CT molecular complexity index is 348. The fraction of sp³-hybridized carbons (Fsp3) is 0.900. The molecule has 0 spiro atoms. The summed E-state index contributed by atoms with van der Waals surface area (Å²) in [6.45, 7) is 6.21. The van der Waals surface area contributed by atoms with Crippen molar-refractivity contribution in [3.05, 3.63) is 0 Å². The van der Waals surface area contributed by atoms with E-state index in [-0.39, 0.29) is 12.1 Å². The van der Waals surface area contributed by atoms with Gasteiger partial charge in [-0.05, 0) is 20.3 Å². The topological polar surface area (TPSA) is 78.4 Å². The molecule has 5 heteroatoms. The number of carbonyl (C=O) groups is 2. The normalized spacial score (nSPS) is 13.2. The zero-order chi connectivity index (χ0) is 18.9. The Morgan fingerprint density at radius 3 is 1.68 bits per heavy atom. The third-order valence-corrected chi connectivity index (χ3v) is 4.81. The van der Waals surface area contributed by atoms with Gasteiger partial charge in [0.15, 0.2) is 0 Å². The quantitative estimate of drug-likeness (QED) is 0.337. The predicted molar refractivity (Wildman–Crippen MR) is 104 cm³/mol. The lowest BCUT2D eigenvalue weighted by molar-refractivity contribution is -0.141. The highest BCUT2D eigenvalue weighted by atomic mass is 16.4. The minimum atomic E-state index is -0.895. The molecule has 0 radical (unpaired) electrons. The second-order valence-electron chi connectivity index (χ2n) is 7.20. The fourth-order valence-corrected chi connectivity index (χ4v) is 2.76. The zero-order valence-electron chi connectivity index (χ0n) is 16.6. The van der Waals surface area contributed by atoms with Gasteiger partial charge in [0.25, 0.3) is 0 Å². The molecule has 0 aromatic carbocycles. The summed E-state index contributed by atoms with van der Waals surface area (Å²) in [5, 5.41) is 14.4. The molecule has 0 aromatic heterocycles. The summed E-state index contributed by atoms with van der Waals surface area (Å²) in [5.74, 6) is -1.48. The molecule has 5 nitrogen and oxygen atoms in total. The summed E-state index contributed by atoms with van der Waals surface area (Å²) in [5.41, 5.74) is 0. The maximum atomic E-state index is 11.7. The maximum Gasteiger partial charge on any atom is 0.315 e. The Morgan fingerprint density at radius 2 is 1.24 bits per heavy atom. The van der Waals surface area contributed by atoms with Crippen molar-refractivity contribution < 1.29 is 14.7 Å². The number of aliphatic carboxylic acids is 1. The molecule has 0 aliphatic heterocycles. The average molecular weight is 357 g/mol. The molecule has 3 N–H and O–H groups in total. The first-order chi connectivity index (χ1) is 12.0. The number of carbonyl (C=O) groups excluding carboxylic acids is 1. The van der Waals surface area contributed by atoms with Gasteiger partial charge in [0.2, 0.25) is 0 Å². The van der Waals surface area contributed by atoms with E-state index in [1.165, 1.54) is 64.2 Å². The molecule has 0 aliphatic rings. The molecule has 0 heterocycles. The van der Waals surface area contributed by atoms with E-state index in [1.807, 2.05) is 0 Å². The molecule has 148 valence electrons. The first-order valence-electron chi connectivity index (χ1n) is 10.3. The second kappa shape index (κ2) is 16.2. The number of rotatable bonds is 16. The molecule has 0 unspecified atom stereocenters. The van der Waals surface area contributed by atoms with Crippen LogP contribution in [-0.2, 0) is 4.79 Å². The van der Waals surface area contributed by atoms with E-state index in [1.54, 1.807) is 13.8 Å². The molecule has 0 saturated heterocycles. The van der Waals surface area contributed by atoms with Crippen LogP contribution in [0.15, 0.2) is 0 Å². The number of unbranched alkanes of at least 4 members (excludes halogenated alkanes) is 11. The Labute approximate surface area is 154 Å². The largest absolute Gasteiger partial charge is 0.481 e. The lowest BCUT2D eigenvalue weighted by atomic mass is 10.0. The summed E-state index contributed by atoms with van der Waals surface area (Å²) in [6.07, 6.45) is 15.6. The molecule has 0 rings (SSSR count). The summed E-state index contributed by atoms with van der Waals surface area (Å²) in [4.78, 5) is 22.5. The van der Waals surface area contributed by atoms with Gasteiger partial charge in [-0.15, -0.1) is 0 Å². The number of hydrogen-bond acceptors (Lipinski definition) is 2. The van der Waals surface area contributed by atoms with Crippen molar-refractivity contribution >= 4 is 12.0 Å². The standard InChI is InChI=1S/C20H40N2O3/c1-4-5-6-7-8-9-10-11-12-13-14-15-16-21-20(25)22-18(3)17(2)19(23)24/h17-18H,4-16H2,1-3H3,(H,23,24)(H2,21,22,25)/t17-,18-/m1/s1. The van der Waals surface area contributed by atoms with Gasteiger partial charge in [0, 0.05) is 12.6 Å². The van der Waals surface area contributed by atoms with Crippen molar-refractivity contribution in [1.29, 1.82) is 0 Å². The minimum Gasteiger partial charge on any atom is -0.481 e. The number of amides is 2. The molecule has 0 saturated carbocycles. The van der Waals surface area contributed by atoms with Crippen LogP contribution in [0.1, 0.15) is 97.8 Å². The van der Waals surface area contributed by atoms with E-state index in [4.69, 9.17) is 5.11 Å². The Balaban J connectivity index is 3.35. The van der Waals surface area contributed by atoms with E-state index in [9.17, 15) is 9.59 Å². The second-order valence-corrected chi connectivity index (χ2v) is 7.20. The van der Waals surface area contributed by atoms with Crippen molar-refractivity contribution in [1.82, 2.24) is 10.6 Å². The van der Waals surface area contributed by atoms with Gasteiger partial charge >= 0.3 is 12.0 Å². The van der Waals surface area contributed by atoms with Gasteiger partial charge in [-0.3, -0.25) is 4.79 Å². The third kappa shape index (κ3) is 14.8. The number of nitrogens with one attached hydrogen (secondary N) is 2. The van der Waals surface area contributed by atoms with Gasteiger partial charge in [-0.25, -0.2) is 4.79 Å². The molecule has 0 aliphatic carbocycles. The summed E-state index contributed by atoms with van der Waals surface area (Å²) in [6, 6.07) is -0.650. The van der Waals surface area contributed by atoms with Crippen LogP contribution < -0.4 is 10.6 Å². The van der Waals surface area contributed by atoms with Crippen LogP contribution in [0.5, 0.6) is 0 Å². The van der Waals surface area contributed by atoms with E-state index in [0.717, 1.165) is 12.8 Å². The molecule has 0 aromatic rings. The van der Waals surface area contributed by atoms with Crippen molar-refractivity contribution in [3.8, 4) is 0 Å². The van der Waals surface area contributed by atoms with Crippen LogP contribution in [-0.4, -0.2) is 29.7 Å². The van der Waals surface area contributed by atoms with E-state index < -0.39 is 11.9 Å². The first-order valence-corrected chi connectivity index (χ1v) is 10.3. The summed E-state index contributed by atoms with van der Waals surface area (Å²) < 4.78 is 0. The lowest BCUT2D eigenvalue weighted by Gasteiger charge is -2.18. The zero-order valence-corrected chi connectivity index (χ0v) is 16.6. The SMILES string of the molecule is CCCCCCCCCCCCCCNC(=O)N[C@H](C)[C@@H](C)C(=O)O. The van der Waals surface area contributed by atoms with Gasteiger partial charge in [0.05, 0.1) is 5.92 Å². The van der Waals surface area contributed by atoms with Crippen molar-refractivity contribution in [2.24, 2.45) is 5.92 Å². The van der Waals surface area contributed by atoms with Gasteiger partial charge in [-0.1, -0.05) is 77.6 Å². The Morgan fingerprint density at radius 1 is 0.800 bits per heavy atom. The Hall–Kier alpha value is -1.26. The van der Waals surface area contributed by atoms with Crippen LogP contribution in [0.2, 0.25) is 0 Å². The monoisotopic (exact) mass is 356 g/mol. The number of urea groups is 1. The van der Waals surface area contributed by atoms with Crippen LogP contribution in [0.3, 0.4) is 0 Å². The molecule has 0 bridgehead atoms. The summed E-state index contributed by atoms with van der Waals surface area (Å²) in [7, 11) is 0. The molecular weight excluding hydrogens is 316 g/mol. The highest BCUT2D eigenvalue weighted by molar-refractivity contribution is 5.76. The number of carboxylic acid groups (broad SMARTS) is 1. The highest BCUT2D eigenvalue weighted by Gasteiger charge is 2.20. The number of carboxylic acids is 1. The predicted octanol–water partition coefficient (Wildman–Crippen LogP) is 5.10. The van der Waals surface area contributed by atoms with Crippen LogP contribution in [0.4, 0.5) is 4.79 Å². The molecule has 25 heavy (non-hydrogen) atoms. The first kappa shape index (κ1) is 23.7. The van der Waals surface area contributed by atoms with Crippen molar-refractivity contribution in [3.63, 3.8) is 0 Å². The van der Waals surface area contributed by atoms with Crippen molar-refractivity contribution in [2.75, 3.05) is 6.54 Å². The van der Waals surface area contributed by atoms with E-state index in [0.29, 0.717) is 6.54 Å². The average Bonchev–Trinajstić information content (AvgIpc) is 2.58. The number of hydrogen-bond donors (Lipinski definition) is 3. The fourth-order valence-electron chi connectivity index (χ4n) is 2.76. The maximum absolute atomic E-state index is 11.7. The smallest absolute Gasteiger partial charge is 0.315 e. The van der Waals surface area contributed by atoms with Crippen LogP contribution >= 0.6 is 0 Å². The molecular formula is C20H40N2O3. The van der Waals surface area contributed by atoms with Crippen LogP contribution in [0.25, 0.3) is 0 Å². The highest BCUT2D eigenvalue weighted by Crippen LogP contribution is 2.11. The van der Waals surface area contributed by atoms with Gasteiger partial charge < -0.3 is 15.7 Å². The van der Waals surface area contributed by atoms with Crippen molar-refractivity contribution in [2.45, 2.75) is 104 Å². The van der Waals surface area contributed by atoms with Gasteiger partial charge in [-0.2, -0.15) is 0 Å². The minimum absolute atomic E-state index is 0.274. The van der Waals surface area contributed by atoms with Gasteiger partial charge in [0.1, 0.15) is 0 Å². The lowest BCUT2D eigenvalue weighted by Crippen LogP contribution is -2.45. The third-order valence-electron chi connectivity index (χ3n) is 4.81. The van der Waals surface area contributed by atoms with E-state index in [2.05, 4.69) is 17.6 Å². The van der Waals surface area contributed by atoms with E-state index >= 15 is 0 Å². The summed E-state index contributed by atoms with van der Waals surface area (Å²) >= 11 is 0. The molecule has 0 fully saturated rings.